The largest absolute Gasteiger partial charge is 0.349 e. The first kappa shape index (κ1) is 16.6. The summed E-state index contributed by atoms with van der Waals surface area (Å²) in [6.07, 6.45) is 2.10. The first-order valence-corrected chi connectivity index (χ1v) is 9.77. The fourth-order valence-electron chi connectivity index (χ4n) is 2.62. The molecule has 128 valence electrons. The lowest BCUT2D eigenvalue weighted by molar-refractivity contribution is 0.602. The number of anilines is 3. The maximum Gasteiger partial charge on any atom is 0.244 e. The first-order chi connectivity index (χ1) is 11.4. The summed E-state index contributed by atoms with van der Waals surface area (Å²) >= 11 is 0. The number of sulfone groups is 1. The van der Waals surface area contributed by atoms with Gasteiger partial charge in [0.2, 0.25) is 5.95 Å². The number of aromatic nitrogens is 3. The van der Waals surface area contributed by atoms with Crippen LogP contribution in [0.1, 0.15) is 31.7 Å². The highest BCUT2D eigenvalue weighted by atomic mass is 32.2. The van der Waals surface area contributed by atoms with Gasteiger partial charge in [-0.3, -0.25) is 0 Å². The van der Waals surface area contributed by atoms with E-state index in [0.717, 1.165) is 5.69 Å². The Balaban J connectivity index is 1.67. The van der Waals surface area contributed by atoms with Gasteiger partial charge in [-0.25, -0.2) is 8.42 Å². The van der Waals surface area contributed by atoms with Crippen LogP contribution in [0, 0.1) is 0 Å². The van der Waals surface area contributed by atoms with E-state index < -0.39 is 9.84 Å². The molecule has 7 nitrogen and oxygen atoms in total. The third-order valence-corrected chi connectivity index (χ3v) is 5.74. The molecule has 1 aromatic heterocycles. The summed E-state index contributed by atoms with van der Waals surface area (Å²) in [4.78, 5) is 4.35. The van der Waals surface area contributed by atoms with Crippen LogP contribution in [0.5, 0.6) is 0 Å². The normalized spacial score (nSPS) is 19.4. The van der Waals surface area contributed by atoms with Gasteiger partial charge in [0.15, 0.2) is 15.7 Å². The van der Waals surface area contributed by atoms with Crippen molar-refractivity contribution in [2.24, 2.45) is 0 Å². The van der Waals surface area contributed by atoms with E-state index >= 15 is 0 Å². The van der Waals surface area contributed by atoms with E-state index in [-0.39, 0.29) is 17.5 Å². The first-order valence-electron chi connectivity index (χ1n) is 7.95. The van der Waals surface area contributed by atoms with Gasteiger partial charge in [-0.1, -0.05) is 26.0 Å². The minimum Gasteiger partial charge on any atom is -0.349 e. The second kappa shape index (κ2) is 6.72. The number of nitrogens with one attached hydrogen (secondary N) is 2. The van der Waals surface area contributed by atoms with E-state index in [9.17, 15) is 8.42 Å². The van der Waals surface area contributed by atoms with E-state index in [4.69, 9.17) is 0 Å². The van der Waals surface area contributed by atoms with E-state index in [1.54, 1.807) is 0 Å². The summed E-state index contributed by atoms with van der Waals surface area (Å²) in [6, 6.07) is 7.98. The Morgan fingerprint density at radius 3 is 2.58 bits per heavy atom. The molecule has 1 aliphatic heterocycles. The Kier molecular flexibility index (Phi) is 4.66. The summed E-state index contributed by atoms with van der Waals surface area (Å²) in [6.45, 7) is 4.30. The maximum absolute atomic E-state index is 11.5. The third kappa shape index (κ3) is 4.19. The van der Waals surface area contributed by atoms with Crippen molar-refractivity contribution in [1.29, 1.82) is 0 Å². The molecule has 0 radical (unpaired) electrons. The van der Waals surface area contributed by atoms with Crippen molar-refractivity contribution >= 4 is 27.3 Å². The minimum atomic E-state index is -2.94. The zero-order valence-corrected chi connectivity index (χ0v) is 14.5. The molecule has 8 heteroatoms. The molecule has 1 aliphatic rings. The SMILES string of the molecule is CC(C)c1ccc(Nc2cnnc(NC3CCS(=O)(=O)C3)n2)cc1. The maximum atomic E-state index is 11.5. The smallest absolute Gasteiger partial charge is 0.244 e. The Labute approximate surface area is 141 Å². The van der Waals surface area contributed by atoms with Gasteiger partial charge in [-0.2, -0.15) is 10.1 Å². The standard InChI is InChI=1S/C16H21N5O2S/c1-11(2)12-3-5-13(6-4-12)18-15-9-17-21-16(20-15)19-14-7-8-24(22,23)10-14/h3-6,9,11,14H,7-8,10H2,1-2H3,(H2,18,19,20,21). The Bertz CT molecular complexity index is 805. The summed E-state index contributed by atoms with van der Waals surface area (Å²) in [5.74, 6) is 1.70. The molecule has 0 aliphatic carbocycles. The zero-order chi connectivity index (χ0) is 17.2. The van der Waals surface area contributed by atoms with Gasteiger partial charge in [0, 0.05) is 11.7 Å². The van der Waals surface area contributed by atoms with Crippen LogP contribution in [0.2, 0.25) is 0 Å². The molecule has 1 atom stereocenters. The van der Waals surface area contributed by atoms with Crippen LogP contribution >= 0.6 is 0 Å². The van der Waals surface area contributed by atoms with Crippen molar-refractivity contribution in [2.45, 2.75) is 32.2 Å². The van der Waals surface area contributed by atoms with Crippen LogP contribution in [-0.4, -0.2) is 41.1 Å². The Morgan fingerprint density at radius 1 is 1.21 bits per heavy atom. The lowest BCUT2D eigenvalue weighted by atomic mass is 10.0. The molecular weight excluding hydrogens is 326 g/mol. The lowest BCUT2D eigenvalue weighted by Crippen LogP contribution is -2.22. The number of rotatable bonds is 5. The molecule has 1 saturated heterocycles. The van der Waals surface area contributed by atoms with Gasteiger partial charge in [0.1, 0.15) is 0 Å². The van der Waals surface area contributed by atoms with Crippen LogP contribution in [0.4, 0.5) is 17.5 Å². The molecule has 2 N–H and O–H groups in total. The summed E-state index contributed by atoms with van der Waals surface area (Å²) in [7, 11) is -2.94. The molecule has 1 unspecified atom stereocenters. The van der Waals surface area contributed by atoms with Crippen molar-refractivity contribution < 1.29 is 8.42 Å². The van der Waals surface area contributed by atoms with E-state index in [0.29, 0.717) is 24.1 Å². The second-order valence-electron chi connectivity index (χ2n) is 6.31. The van der Waals surface area contributed by atoms with E-state index in [2.05, 4.69) is 51.8 Å². The molecule has 1 aromatic carbocycles. The number of benzene rings is 1. The van der Waals surface area contributed by atoms with Gasteiger partial charge in [0.05, 0.1) is 17.7 Å². The van der Waals surface area contributed by atoms with Crippen LogP contribution in [0.25, 0.3) is 0 Å². The van der Waals surface area contributed by atoms with Crippen molar-refractivity contribution in [1.82, 2.24) is 15.2 Å². The molecule has 0 saturated carbocycles. The fraction of sp³-hybridized carbons (Fsp3) is 0.438. The molecule has 2 heterocycles. The molecule has 0 amide bonds. The molecule has 0 bridgehead atoms. The number of hydrogen-bond acceptors (Lipinski definition) is 7. The molecule has 0 spiro atoms. The Hall–Kier alpha value is -2.22. The van der Waals surface area contributed by atoms with Crippen molar-refractivity contribution in [3.63, 3.8) is 0 Å². The average molecular weight is 347 g/mol. The van der Waals surface area contributed by atoms with Crippen LogP contribution < -0.4 is 10.6 Å². The lowest BCUT2D eigenvalue weighted by Gasteiger charge is -2.12. The van der Waals surface area contributed by atoms with Gasteiger partial charge in [0.25, 0.3) is 0 Å². The third-order valence-electron chi connectivity index (χ3n) is 3.97. The summed E-state index contributed by atoms with van der Waals surface area (Å²) < 4.78 is 23.0. The van der Waals surface area contributed by atoms with E-state index in [1.807, 2.05) is 12.1 Å². The number of nitrogens with zero attached hydrogens (tertiary/aromatic N) is 3. The zero-order valence-electron chi connectivity index (χ0n) is 13.7. The molecule has 24 heavy (non-hydrogen) atoms. The van der Waals surface area contributed by atoms with Crippen molar-refractivity contribution in [3.8, 4) is 0 Å². The van der Waals surface area contributed by atoms with Crippen LogP contribution in [-0.2, 0) is 9.84 Å². The molecular formula is C16H21N5O2S. The Morgan fingerprint density at radius 2 is 1.96 bits per heavy atom. The average Bonchev–Trinajstić information content (AvgIpc) is 2.87. The predicted octanol–water partition coefficient (Wildman–Crippen LogP) is 2.34. The molecule has 3 rings (SSSR count). The minimum absolute atomic E-state index is 0.116. The highest BCUT2D eigenvalue weighted by Gasteiger charge is 2.28. The van der Waals surface area contributed by atoms with Gasteiger partial charge >= 0.3 is 0 Å². The van der Waals surface area contributed by atoms with Crippen LogP contribution in [0.3, 0.4) is 0 Å². The predicted molar refractivity (Wildman–Crippen MR) is 94.3 cm³/mol. The summed E-state index contributed by atoms with van der Waals surface area (Å²) in [5, 5.41) is 14.1. The quantitative estimate of drug-likeness (QED) is 0.857. The second-order valence-corrected chi connectivity index (χ2v) is 8.54. The number of hydrogen-bond donors (Lipinski definition) is 2. The van der Waals surface area contributed by atoms with Crippen LogP contribution in [0.15, 0.2) is 30.5 Å². The van der Waals surface area contributed by atoms with E-state index in [1.165, 1.54) is 11.8 Å². The van der Waals surface area contributed by atoms with Crippen molar-refractivity contribution in [2.75, 3.05) is 22.1 Å². The highest BCUT2D eigenvalue weighted by Crippen LogP contribution is 2.20. The topological polar surface area (TPSA) is 96.9 Å². The van der Waals surface area contributed by atoms with Gasteiger partial charge in [-0.15, -0.1) is 5.10 Å². The van der Waals surface area contributed by atoms with Gasteiger partial charge in [-0.05, 0) is 30.0 Å². The molecule has 2 aromatic rings. The fourth-order valence-corrected chi connectivity index (χ4v) is 4.29. The monoisotopic (exact) mass is 347 g/mol. The molecule has 1 fully saturated rings. The summed E-state index contributed by atoms with van der Waals surface area (Å²) in [5.41, 5.74) is 2.18. The highest BCUT2D eigenvalue weighted by molar-refractivity contribution is 7.91. The van der Waals surface area contributed by atoms with Gasteiger partial charge < -0.3 is 10.6 Å². The van der Waals surface area contributed by atoms with Crippen molar-refractivity contribution in [3.05, 3.63) is 36.0 Å².